The van der Waals surface area contributed by atoms with Crippen LogP contribution < -0.4 is 5.32 Å². The lowest BCUT2D eigenvalue weighted by Gasteiger charge is -2.26. The number of hydrogen-bond donors (Lipinski definition) is 1. The van der Waals surface area contributed by atoms with E-state index in [1.165, 1.54) is 16.2 Å². The van der Waals surface area contributed by atoms with Gasteiger partial charge in [0.05, 0.1) is 17.8 Å². The van der Waals surface area contributed by atoms with E-state index in [1.54, 1.807) is 0 Å². The van der Waals surface area contributed by atoms with Gasteiger partial charge >= 0.3 is 0 Å². The number of amides is 2. The smallest absolute Gasteiger partial charge is 0.257 e. The van der Waals surface area contributed by atoms with Gasteiger partial charge in [-0.3, -0.25) is 14.9 Å². The van der Waals surface area contributed by atoms with Gasteiger partial charge in [0.2, 0.25) is 0 Å². The SMILES string of the molecule is O=C(Nc1nc2c(s1)CN(C(=O)c1ccc(F)cc1F)CC2)C1CCCO1. The van der Waals surface area contributed by atoms with Gasteiger partial charge in [-0.25, -0.2) is 13.8 Å². The summed E-state index contributed by atoms with van der Waals surface area (Å²) in [6.07, 6.45) is 1.63. The Labute approximate surface area is 158 Å². The van der Waals surface area contributed by atoms with Crippen LogP contribution in [0.2, 0.25) is 0 Å². The molecular weight excluding hydrogens is 376 g/mol. The summed E-state index contributed by atoms with van der Waals surface area (Å²) in [5, 5.41) is 3.25. The summed E-state index contributed by atoms with van der Waals surface area (Å²) in [6, 6.07) is 2.92. The van der Waals surface area contributed by atoms with Gasteiger partial charge in [-0.1, -0.05) is 11.3 Å². The number of ether oxygens (including phenoxy) is 1. The number of carbonyl (C=O) groups is 2. The minimum Gasteiger partial charge on any atom is -0.368 e. The second kappa shape index (κ2) is 7.32. The molecule has 1 aromatic carbocycles. The van der Waals surface area contributed by atoms with E-state index in [4.69, 9.17) is 4.74 Å². The summed E-state index contributed by atoms with van der Waals surface area (Å²) in [5.41, 5.74) is 0.669. The fraction of sp³-hybridized carbons (Fsp3) is 0.389. The third-order valence-corrected chi connectivity index (χ3v) is 5.63. The van der Waals surface area contributed by atoms with Crippen molar-refractivity contribution in [3.05, 3.63) is 46.0 Å². The molecule has 0 saturated carbocycles. The summed E-state index contributed by atoms with van der Waals surface area (Å²) in [4.78, 5) is 31.5. The highest BCUT2D eigenvalue weighted by molar-refractivity contribution is 7.15. The third-order valence-electron chi connectivity index (χ3n) is 4.63. The first kappa shape index (κ1) is 18.0. The maximum Gasteiger partial charge on any atom is 0.257 e. The van der Waals surface area contributed by atoms with Gasteiger partial charge in [0, 0.05) is 30.5 Å². The summed E-state index contributed by atoms with van der Waals surface area (Å²) in [5.74, 6) is -2.30. The molecule has 1 fully saturated rings. The van der Waals surface area contributed by atoms with Gasteiger partial charge in [-0.05, 0) is 25.0 Å². The molecule has 1 atom stereocenters. The molecule has 0 radical (unpaired) electrons. The second-order valence-electron chi connectivity index (χ2n) is 6.48. The number of hydrogen-bond acceptors (Lipinski definition) is 5. The van der Waals surface area contributed by atoms with E-state index in [-0.39, 0.29) is 18.0 Å². The highest BCUT2D eigenvalue weighted by Gasteiger charge is 2.28. The van der Waals surface area contributed by atoms with Crippen molar-refractivity contribution in [2.24, 2.45) is 0 Å². The van der Waals surface area contributed by atoms with Crippen LogP contribution in [0.15, 0.2) is 18.2 Å². The minimum absolute atomic E-state index is 0.156. The van der Waals surface area contributed by atoms with E-state index in [9.17, 15) is 18.4 Å². The molecule has 2 aliphatic rings. The number of carbonyl (C=O) groups excluding carboxylic acids is 2. The summed E-state index contributed by atoms with van der Waals surface area (Å²) in [7, 11) is 0. The molecule has 0 bridgehead atoms. The maximum atomic E-state index is 13.9. The van der Waals surface area contributed by atoms with Gasteiger partial charge in [-0.2, -0.15) is 0 Å². The highest BCUT2D eigenvalue weighted by atomic mass is 32.1. The first-order valence-corrected chi connectivity index (χ1v) is 9.48. The topological polar surface area (TPSA) is 71.5 Å². The van der Waals surface area contributed by atoms with Crippen LogP contribution >= 0.6 is 11.3 Å². The lowest BCUT2D eigenvalue weighted by atomic mass is 10.1. The quantitative estimate of drug-likeness (QED) is 0.871. The Balaban J connectivity index is 1.46. The molecule has 1 N–H and O–H groups in total. The third kappa shape index (κ3) is 3.70. The fourth-order valence-corrected chi connectivity index (χ4v) is 4.25. The van der Waals surface area contributed by atoms with Crippen molar-refractivity contribution in [2.45, 2.75) is 31.9 Å². The molecule has 2 amide bonds. The van der Waals surface area contributed by atoms with Crippen molar-refractivity contribution in [1.29, 1.82) is 0 Å². The van der Waals surface area contributed by atoms with Crippen molar-refractivity contribution in [2.75, 3.05) is 18.5 Å². The average molecular weight is 393 g/mol. The number of nitrogens with zero attached hydrogens (tertiary/aromatic N) is 2. The van der Waals surface area contributed by atoms with E-state index in [1.807, 2.05) is 0 Å². The van der Waals surface area contributed by atoms with Crippen molar-refractivity contribution < 1.29 is 23.1 Å². The van der Waals surface area contributed by atoms with Gasteiger partial charge in [-0.15, -0.1) is 0 Å². The Bertz CT molecular complexity index is 896. The number of halogens is 2. The molecule has 6 nitrogen and oxygen atoms in total. The zero-order chi connectivity index (χ0) is 19.0. The highest BCUT2D eigenvalue weighted by Crippen LogP contribution is 2.30. The summed E-state index contributed by atoms with van der Waals surface area (Å²) < 4.78 is 32.3. The molecule has 0 spiro atoms. The molecular formula is C18H17F2N3O3S. The summed E-state index contributed by atoms with van der Waals surface area (Å²) in [6.45, 7) is 1.24. The number of benzene rings is 1. The van der Waals surface area contributed by atoms with Gasteiger partial charge in [0.25, 0.3) is 11.8 Å². The van der Waals surface area contributed by atoms with E-state index in [0.717, 1.165) is 29.1 Å². The molecule has 4 rings (SSSR count). The maximum absolute atomic E-state index is 13.9. The molecule has 2 aromatic rings. The molecule has 1 aromatic heterocycles. The van der Waals surface area contributed by atoms with Crippen LogP contribution in [-0.2, 0) is 22.5 Å². The molecule has 2 aliphatic heterocycles. The Morgan fingerprint density at radius 2 is 2.19 bits per heavy atom. The Morgan fingerprint density at radius 3 is 2.93 bits per heavy atom. The Kier molecular flexibility index (Phi) is 4.88. The fourth-order valence-electron chi connectivity index (χ4n) is 3.23. The van der Waals surface area contributed by atoms with Gasteiger partial charge < -0.3 is 9.64 Å². The van der Waals surface area contributed by atoms with E-state index in [2.05, 4.69) is 10.3 Å². The standard InChI is InChI=1S/C18H17F2N3O3S/c19-10-3-4-11(12(20)8-10)17(25)23-6-5-13-15(9-23)27-18(21-13)22-16(24)14-2-1-7-26-14/h3-4,8,14H,1-2,5-7,9H2,(H,21,22,24). The zero-order valence-electron chi connectivity index (χ0n) is 14.3. The van der Waals surface area contributed by atoms with Crippen LogP contribution in [-0.4, -0.2) is 41.0 Å². The number of anilines is 1. The van der Waals surface area contributed by atoms with Crippen LogP contribution in [0.5, 0.6) is 0 Å². The van der Waals surface area contributed by atoms with Gasteiger partial charge in [0.1, 0.15) is 17.7 Å². The number of thiazole rings is 1. The molecule has 9 heteroatoms. The monoisotopic (exact) mass is 393 g/mol. The normalized spacial score (nSPS) is 19.0. The summed E-state index contributed by atoms with van der Waals surface area (Å²) >= 11 is 1.30. The number of rotatable bonds is 3. The van der Waals surface area contributed by atoms with Crippen LogP contribution in [0.3, 0.4) is 0 Å². The predicted molar refractivity (Wildman–Crippen MR) is 94.5 cm³/mol. The van der Waals surface area contributed by atoms with Crippen LogP contribution in [0.4, 0.5) is 13.9 Å². The molecule has 27 heavy (non-hydrogen) atoms. The van der Waals surface area contributed by atoms with Crippen molar-refractivity contribution >= 4 is 28.3 Å². The van der Waals surface area contributed by atoms with E-state index >= 15 is 0 Å². The van der Waals surface area contributed by atoms with Crippen LogP contribution in [0, 0.1) is 11.6 Å². The van der Waals surface area contributed by atoms with Crippen LogP contribution in [0.1, 0.15) is 33.8 Å². The lowest BCUT2D eigenvalue weighted by molar-refractivity contribution is -0.124. The number of nitrogens with one attached hydrogen (secondary N) is 1. The Hall–Kier alpha value is -2.39. The van der Waals surface area contributed by atoms with E-state index in [0.29, 0.717) is 37.2 Å². The second-order valence-corrected chi connectivity index (χ2v) is 7.56. The number of aromatic nitrogens is 1. The molecule has 1 unspecified atom stereocenters. The largest absolute Gasteiger partial charge is 0.368 e. The van der Waals surface area contributed by atoms with Gasteiger partial charge in [0.15, 0.2) is 5.13 Å². The molecule has 0 aliphatic carbocycles. The molecule has 1 saturated heterocycles. The first-order chi connectivity index (χ1) is 13.0. The predicted octanol–water partition coefficient (Wildman–Crippen LogP) is 2.74. The minimum atomic E-state index is -0.875. The van der Waals surface area contributed by atoms with Crippen LogP contribution in [0.25, 0.3) is 0 Å². The van der Waals surface area contributed by atoms with Crippen molar-refractivity contribution in [1.82, 2.24) is 9.88 Å². The Morgan fingerprint density at radius 1 is 1.33 bits per heavy atom. The van der Waals surface area contributed by atoms with Crippen molar-refractivity contribution in [3.63, 3.8) is 0 Å². The molecule has 142 valence electrons. The van der Waals surface area contributed by atoms with Crippen molar-refractivity contribution in [3.8, 4) is 0 Å². The number of fused-ring (bicyclic) bond motifs is 1. The average Bonchev–Trinajstić information content (AvgIpc) is 3.30. The zero-order valence-corrected chi connectivity index (χ0v) is 15.2. The molecule has 3 heterocycles. The van der Waals surface area contributed by atoms with E-state index < -0.39 is 23.6 Å². The lowest BCUT2D eigenvalue weighted by Crippen LogP contribution is -2.36. The first-order valence-electron chi connectivity index (χ1n) is 8.66.